The number of hydrogen-bond acceptors (Lipinski definition) is 3. The summed E-state index contributed by atoms with van der Waals surface area (Å²) in [5.74, 6) is 6.35. The first-order chi connectivity index (χ1) is 9.74. The van der Waals surface area contributed by atoms with Crippen molar-refractivity contribution in [2.24, 2.45) is 11.7 Å². The second-order valence-electron chi connectivity index (χ2n) is 5.13. The van der Waals surface area contributed by atoms with Gasteiger partial charge in [-0.25, -0.2) is 4.98 Å². The van der Waals surface area contributed by atoms with E-state index in [1.54, 1.807) is 12.3 Å². The van der Waals surface area contributed by atoms with E-state index < -0.39 is 0 Å². The highest BCUT2D eigenvalue weighted by Gasteiger charge is 2.26. The van der Waals surface area contributed by atoms with Gasteiger partial charge in [0.2, 0.25) is 0 Å². The highest BCUT2D eigenvalue weighted by molar-refractivity contribution is 5.92. The molecule has 2 heterocycles. The second-order valence-corrected chi connectivity index (χ2v) is 5.13. The zero-order valence-electron chi connectivity index (χ0n) is 11.9. The van der Waals surface area contributed by atoms with Crippen molar-refractivity contribution in [2.75, 3.05) is 19.6 Å². The summed E-state index contributed by atoms with van der Waals surface area (Å²) in [4.78, 5) is 18.5. The number of rotatable bonds is 3. The lowest BCUT2D eigenvalue weighted by Gasteiger charge is -2.15. The third-order valence-electron chi connectivity index (χ3n) is 3.59. The van der Waals surface area contributed by atoms with Gasteiger partial charge in [-0.05, 0) is 30.9 Å². The largest absolute Gasteiger partial charge is 0.337 e. The average Bonchev–Trinajstić information content (AvgIpc) is 2.94. The predicted octanol–water partition coefficient (Wildman–Crippen LogP) is 1.65. The summed E-state index contributed by atoms with van der Waals surface area (Å²) in [7, 11) is 0. The number of nitrogens with two attached hydrogens (primary N) is 1. The molecule has 1 aromatic rings. The molecule has 106 valence electrons. The topological polar surface area (TPSA) is 59.2 Å². The Balaban J connectivity index is 1.99. The molecule has 1 aliphatic rings. The number of aromatic nitrogens is 1. The summed E-state index contributed by atoms with van der Waals surface area (Å²) in [6.07, 6.45) is 5.12. The van der Waals surface area contributed by atoms with Crippen LogP contribution >= 0.6 is 0 Å². The van der Waals surface area contributed by atoms with Gasteiger partial charge in [-0.1, -0.05) is 25.2 Å². The Morgan fingerprint density at radius 3 is 3.05 bits per heavy atom. The lowest BCUT2D eigenvalue weighted by molar-refractivity contribution is 0.0780. The Morgan fingerprint density at radius 1 is 1.55 bits per heavy atom. The molecule has 4 nitrogen and oxygen atoms in total. The van der Waals surface area contributed by atoms with Crippen molar-refractivity contribution in [3.8, 4) is 11.8 Å². The molecule has 0 bridgehead atoms. The molecule has 2 rings (SSSR count). The Kier molecular flexibility index (Phi) is 5.14. The van der Waals surface area contributed by atoms with Gasteiger partial charge >= 0.3 is 0 Å². The van der Waals surface area contributed by atoms with Crippen LogP contribution in [-0.4, -0.2) is 35.4 Å². The van der Waals surface area contributed by atoms with Crippen molar-refractivity contribution >= 4 is 5.91 Å². The third-order valence-corrected chi connectivity index (χ3v) is 3.59. The van der Waals surface area contributed by atoms with Crippen LogP contribution in [-0.2, 0) is 0 Å². The van der Waals surface area contributed by atoms with E-state index in [4.69, 9.17) is 5.73 Å². The van der Waals surface area contributed by atoms with Gasteiger partial charge in [0.05, 0.1) is 6.54 Å². The SMILES string of the molecule is CCCC1CCN(C(=O)c2ccc(C#CCN)cn2)C1. The molecule has 0 radical (unpaired) electrons. The Morgan fingerprint density at radius 2 is 2.40 bits per heavy atom. The van der Waals surface area contributed by atoms with Gasteiger partial charge in [-0.2, -0.15) is 0 Å². The van der Waals surface area contributed by atoms with Gasteiger partial charge in [0.15, 0.2) is 0 Å². The number of nitrogens with zero attached hydrogens (tertiary/aromatic N) is 2. The lowest BCUT2D eigenvalue weighted by Crippen LogP contribution is -2.29. The molecule has 20 heavy (non-hydrogen) atoms. The molecule has 4 heteroatoms. The van der Waals surface area contributed by atoms with E-state index in [1.807, 2.05) is 11.0 Å². The second kappa shape index (κ2) is 7.06. The van der Waals surface area contributed by atoms with Crippen molar-refractivity contribution < 1.29 is 4.79 Å². The monoisotopic (exact) mass is 271 g/mol. The Bertz CT molecular complexity index is 513. The molecule has 1 atom stereocenters. The van der Waals surface area contributed by atoms with Gasteiger partial charge in [-0.3, -0.25) is 4.79 Å². The number of amides is 1. The predicted molar refractivity (Wildman–Crippen MR) is 79.1 cm³/mol. The van der Waals surface area contributed by atoms with Gasteiger partial charge in [0.25, 0.3) is 5.91 Å². The Labute approximate surface area is 120 Å². The van der Waals surface area contributed by atoms with Crippen molar-refractivity contribution in [3.05, 3.63) is 29.6 Å². The van der Waals surface area contributed by atoms with E-state index in [1.165, 1.54) is 12.8 Å². The van der Waals surface area contributed by atoms with E-state index in [0.717, 1.165) is 25.1 Å². The van der Waals surface area contributed by atoms with Crippen molar-refractivity contribution in [1.29, 1.82) is 0 Å². The standard InChI is InChI=1S/C16H21N3O/c1-2-4-14-8-10-19(12-14)16(20)15-7-6-13(11-18-15)5-3-9-17/h6-7,11,14H,2,4,8-10,12,17H2,1H3. The summed E-state index contributed by atoms with van der Waals surface area (Å²) >= 11 is 0. The first-order valence-corrected chi connectivity index (χ1v) is 7.19. The van der Waals surface area contributed by atoms with E-state index in [-0.39, 0.29) is 5.91 Å². The molecular formula is C16H21N3O. The first-order valence-electron chi connectivity index (χ1n) is 7.19. The van der Waals surface area contributed by atoms with Crippen molar-refractivity contribution in [3.63, 3.8) is 0 Å². The molecule has 2 N–H and O–H groups in total. The lowest BCUT2D eigenvalue weighted by atomic mass is 10.0. The summed E-state index contributed by atoms with van der Waals surface area (Å²) in [5, 5.41) is 0. The zero-order chi connectivity index (χ0) is 14.4. The van der Waals surface area contributed by atoms with Crippen molar-refractivity contribution in [1.82, 2.24) is 9.88 Å². The molecule has 0 aliphatic carbocycles. The average molecular weight is 271 g/mol. The van der Waals surface area contributed by atoms with E-state index >= 15 is 0 Å². The molecule has 1 amide bonds. The van der Waals surface area contributed by atoms with E-state index in [0.29, 0.717) is 18.2 Å². The summed E-state index contributed by atoms with van der Waals surface area (Å²) < 4.78 is 0. The van der Waals surface area contributed by atoms with Crippen LogP contribution in [0.1, 0.15) is 42.2 Å². The fraction of sp³-hybridized carbons (Fsp3) is 0.500. The third kappa shape index (κ3) is 3.58. The minimum Gasteiger partial charge on any atom is -0.337 e. The number of hydrogen-bond donors (Lipinski definition) is 1. The van der Waals surface area contributed by atoms with Gasteiger partial charge < -0.3 is 10.6 Å². The van der Waals surface area contributed by atoms with E-state index in [2.05, 4.69) is 23.7 Å². The summed E-state index contributed by atoms with van der Waals surface area (Å²) in [6, 6.07) is 3.57. The van der Waals surface area contributed by atoms with Crippen LogP contribution in [0.3, 0.4) is 0 Å². The van der Waals surface area contributed by atoms with Gasteiger partial charge in [0, 0.05) is 24.8 Å². The quantitative estimate of drug-likeness (QED) is 0.850. The number of pyridine rings is 1. The molecule has 1 saturated heterocycles. The molecule has 0 spiro atoms. The number of likely N-dealkylation sites (tertiary alicyclic amines) is 1. The smallest absolute Gasteiger partial charge is 0.272 e. The minimum atomic E-state index is 0.0296. The molecule has 1 unspecified atom stereocenters. The number of carbonyl (C=O) groups is 1. The maximum atomic E-state index is 12.3. The van der Waals surface area contributed by atoms with Crippen LogP contribution in [0.15, 0.2) is 18.3 Å². The van der Waals surface area contributed by atoms with Gasteiger partial charge in [-0.15, -0.1) is 0 Å². The molecular weight excluding hydrogens is 250 g/mol. The maximum Gasteiger partial charge on any atom is 0.272 e. The van der Waals surface area contributed by atoms with Gasteiger partial charge in [0.1, 0.15) is 5.69 Å². The molecule has 0 saturated carbocycles. The minimum absolute atomic E-state index is 0.0296. The van der Waals surface area contributed by atoms with Crippen LogP contribution < -0.4 is 5.73 Å². The van der Waals surface area contributed by atoms with Crippen LogP contribution in [0.25, 0.3) is 0 Å². The van der Waals surface area contributed by atoms with Crippen LogP contribution in [0.2, 0.25) is 0 Å². The van der Waals surface area contributed by atoms with Crippen LogP contribution in [0, 0.1) is 17.8 Å². The number of carbonyl (C=O) groups excluding carboxylic acids is 1. The normalized spacial score (nSPS) is 17.7. The molecule has 1 aliphatic heterocycles. The highest BCUT2D eigenvalue weighted by atomic mass is 16.2. The molecule has 1 fully saturated rings. The maximum absolute atomic E-state index is 12.3. The molecule has 0 aromatic carbocycles. The fourth-order valence-electron chi connectivity index (χ4n) is 2.57. The van der Waals surface area contributed by atoms with Crippen molar-refractivity contribution in [2.45, 2.75) is 26.2 Å². The Hall–Kier alpha value is -1.86. The highest BCUT2D eigenvalue weighted by Crippen LogP contribution is 2.22. The summed E-state index contributed by atoms with van der Waals surface area (Å²) in [6.45, 7) is 4.23. The van der Waals surface area contributed by atoms with E-state index in [9.17, 15) is 4.79 Å². The summed E-state index contributed by atoms with van der Waals surface area (Å²) in [5.41, 5.74) is 6.61. The molecule has 1 aromatic heterocycles. The van der Waals surface area contributed by atoms with Crippen LogP contribution in [0.5, 0.6) is 0 Å². The zero-order valence-corrected chi connectivity index (χ0v) is 11.9. The fourth-order valence-corrected chi connectivity index (χ4v) is 2.57. The first kappa shape index (κ1) is 14.5. The van der Waals surface area contributed by atoms with Crippen LogP contribution in [0.4, 0.5) is 0 Å².